The summed E-state index contributed by atoms with van der Waals surface area (Å²) in [7, 11) is 0. The summed E-state index contributed by atoms with van der Waals surface area (Å²) in [5.41, 5.74) is 1.49. The highest BCUT2D eigenvalue weighted by molar-refractivity contribution is 5.59. The maximum atomic E-state index is 12.5. The molecule has 2 aromatic carbocycles. The minimum absolute atomic E-state index is 0.0461. The Bertz CT molecular complexity index is 746. The number of nitrogens with zero attached hydrogens (tertiary/aromatic N) is 1. The van der Waals surface area contributed by atoms with Crippen molar-refractivity contribution in [3.05, 3.63) is 66.6 Å². The number of aromatic nitrogens is 1. The van der Waals surface area contributed by atoms with Crippen molar-refractivity contribution in [2.24, 2.45) is 0 Å². The van der Waals surface area contributed by atoms with Crippen LogP contribution >= 0.6 is 0 Å². The lowest BCUT2D eigenvalue weighted by Crippen LogP contribution is -2.05. The minimum atomic E-state index is -2.94. The minimum Gasteiger partial charge on any atom is -0.485 e. The van der Waals surface area contributed by atoms with Gasteiger partial charge in [-0.2, -0.15) is 8.78 Å². The van der Waals surface area contributed by atoms with Crippen molar-refractivity contribution in [2.75, 3.05) is 0 Å². The lowest BCUT2D eigenvalue weighted by Gasteiger charge is -2.13. The molecule has 0 fully saturated rings. The van der Waals surface area contributed by atoms with Crippen molar-refractivity contribution in [3.8, 4) is 23.0 Å². The van der Waals surface area contributed by atoms with E-state index < -0.39 is 6.61 Å². The quantitative estimate of drug-likeness (QED) is 0.679. The van der Waals surface area contributed by atoms with Crippen LogP contribution in [0.4, 0.5) is 8.78 Å². The van der Waals surface area contributed by atoms with E-state index in [9.17, 15) is 8.78 Å². The highest BCUT2D eigenvalue weighted by atomic mass is 19.3. The van der Waals surface area contributed by atoms with E-state index >= 15 is 0 Å². The molecule has 0 N–H and O–H groups in total. The summed E-state index contributed by atoms with van der Waals surface area (Å²) >= 11 is 0. The standard InChI is InChI=1S/C17H12F2NO3/c18-17(19)23-14-7-6-13(16-20-8-9-21-16)10-15(14)22-11-12-4-2-1-3-5-12/h1-7,9-10,17H,11H2. The van der Waals surface area contributed by atoms with Crippen molar-refractivity contribution in [1.82, 2.24) is 4.98 Å². The Kier molecular flexibility index (Phi) is 4.52. The number of rotatable bonds is 6. The van der Waals surface area contributed by atoms with Crippen LogP contribution in [0.15, 0.2) is 59.2 Å². The average molecular weight is 316 g/mol. The first kappa shape index (κ1) is 15.0. The molecule has 0 saturated carbocycles. The number of benzene rings is 2. The first-order valence-electron chi connectivity index (χ1n) is 6.80. The topological polar surface area (TPSA) is 44.5 Å². The molecule has 0 amide bonds. The molecule has 1 radical (unpaired) electrons. The number of oxazole rings is 1. The van der Waals surface area contributed by atoms with Gasteiger partial charge in [-0.25, -0.2) is 4.98 Å². The Morgan fingerprint density at radius 1 is 1.09 bits per heavy atom. The highest BCUT2D eigenvalue weighted by Gasteiger charge is 2.14. The van der Waals surface area contributed by atoms with Gasteiger partial charge < -0.3 is 13.9 Å². The van der Waals surface area contributed by atoms with Crippen LogP contribution in [0.5, 0.6) is 11.5 Å². The third-order valence-corrected chi connectivity index (χ3v) is 3.03. The molecule has 0 atom stereocenters. The van der Waals surface area contributed by atoms with E-state index in [2.05, 4.69) is 15.9 Å². The van der Waals surface area contributed by atoms with Crippen LogP contribution in [0.1, 0.15) is 5.56 Å². The van der Waals surface area contributed by atoms with Gasteiger partial charge >= 0.3 is 6.61 Å². The van der Waals surface area contributed by atoms with Crippen molar-refractivity contribution in [2.45, 2.75) is 13.2 Å². The van der Waals surface area contributed by atoms with Gasteiger partial charge in [0.25, 0.3) is 0 Å². The summed E-state index contributed by atoms with van der Waals surface area (Å²) in [5, 5.41) is 0. The Balaban J connectivity index is 1.86. The molecule has 3 aromatic rings. The zero-order valence-electron chi connectivity index (χ0n) is 11.9. The summed E-state index contributed by atoms with van der Waals surface area (Å²) < 4.78 is 40.3. The van der Waals surface area contributed by atoms with Crippen LogP contribution in [0.25, 0.3) is 11.5 Å². The van der Waals surface area contributed by atoms with E-state index in [1.807, 2.05) is 30.3 Å². The Hall–Kier alpha value is -2.89. The maximum absolute atomic E-state index is 12.5. The Labute approximate surface area is 131 Å². The molecule has 4 nitrogen and oxygen atoms in total. The lowest BCUT2D eigenvalue weighted by atomic mass is 10.2. The van der Waals surface area contributed by atoms with Crippen molar-refractivity contribution in [1.29, 1.82) is 0 Å². The van der Waals surface area contributed by atoms with Crippen LogP contribution in [-0.4, -0.2) is 11.6 Å². The van der Waals surface area contributed by atoms with Gasteiger partial charge in [0.2, 0.25) is 5.89 Å². The van der Waals surface area contributed by atoms with Crippen LogP contribution in [0.2, 0.25) is 0 Å². The molecule has 0 saturated heterocycles. The average Bonchev–Trinajstić information content (AvgIpc) is 3.09. The highest BCUT2D eigenvalue weighted by Crippen LogP contribution is 2.33. The molecule has 0 aliphatic heterocycles. The van der Waals surface area contributed by atoms with Crippen LogP contribution in [0, 0.1) is 6.20 Å². The molecule has 0 bridgehead atoms. The summed E-state index contributed by atoms with van der Waals surface area (Å²) in [6, 6.07) is 13.9. The largest absolute Gasteiger partial charge is 0.485 e. The van der Waals surface area contributed by atoms with Crippen molar-refractivity contribution >= 4 is 0 Å². The fraction of sp³-hybridized carbons (Fsp3) is 0.118. The number of hydrogen-bond acceptors (Lipinski definition) is 4. The van der Waals surface area contributed by atoms with E-state index in [0.29, 0.717) is 11.5 Å². The molecule has 117 valence electrons. The Morgan fingerprint density at radius 2 is 1.91 bits per heavy atom. The third-order valence-electron chi connectivity index (χ3n) is 3.03. The Morgan fingerprint density at radius 3 is 2.61 bits per heavy atom. The summed E-state index contributed by atoms with van der Waals surface area (Å²) in [6.07, 6.45) is 3.85. The first-order chi connectivity index (χ1) is 11.2. The smallest absolute Gasteiger partial charge is 0.387 e. The van der Waals surface area contributed by atoms with Gasteiger partial charge in [0.1, 0.15) is 19.1 Å². The SMILES string of the molecule is FC(F)Oc1ccc(-c2n[c]co2)cc1OCc1ccccc1. The molecule has 1 heterocycles. The molecule has 3 rings (SSSR count). The van der Waals surface area contributed by atoms with E-state index in [1.54, 1.807) is 12.1 Å². The normalized spacial score (nSPS) is 10.7. The number of alkyl halides is 2. The van der Waals surface area contributed by atoms with E-state index in [-0.39, 0.29) is 18.1 Å². The van der Waals surface area contributed by atoms with Gasteiger partial charge in [0.15, 0.2) is 11.5 Å². The molecule has 0 unspecified atom stereocenters. The second-order valence-electron chi connectivity index (χ2n) is 4.60. The molecule has 6 heteroatoms. The lowest BCUT2D eigenvalue weighted by molar-refractivity contribution is -0.0515. The van der Waals surface area contributed by atoms with E-state index in [0.717, 1.165) is 5.56 Å². The van der Waals surface area contributed by atoms with E-state index in [4.69, 9.17) is 9.15 Å². The van der Waals surface area contributed by atoms with Crippen molar-refractivity contribution < 1.29 is 22.7 Å². The van der Waals surface area contributed by atoms with Gasteiger partial charge in [-0.1, -0.05) is 30.3 Å². The summed E-state index contributed by atoms with van der Waals surface area (Å²) in [5.74, 6) is 0.457. The number of hydrogen-bond donors (Lipinski definition) is 0. The molecule has 0 aliphatic carbocycles. The second kappa shape index (κ2) is 6.91. The second-order valence-corrected chi connectivity index (χ2v) is 4.60. The molecule has 23 heavy (non-hydrogen) atoms. The molecular formula is C17H12F2NO3. The maximum Gasteiger partial charge on any atom is 0.387 e. The van der Waals surface area contributed by atoms with Crippen LogP contribution in [0.3, 0.4) is 0 Å². The van der Waals surface area contributed by atoms with Gasteiger partial charge in [-0.3, -0.25) is 0 Å². The zero-order chi connectivity index (χ0) is 16.1. The summed E-state index contributed by atoms with van der Waals surface area (Å²) in [6.45, 7) is -2.71. The summed E-state index contributed by atoms with van der Waals surface area (Å²) in [4.78, 5) is 3.90. The monoisotopic (exact) mass is 316 g/mol. The third kappa shape index (κ3) is 3.85. The number of halogens is 2. The molecule has 1 aromatic heterocycles. The molecular weight excluding hydrogens is 304 g/mol. The van der Waals surface area contributed by atoms with E-state index in [1.165, 1.54) is 12.3 Å². The first-order valence-corrected chi connectivity index (χ1v) is 6.80. The van der Waals surface area contributed by atoms with Gasteiger partial charge in [0.05, 0.1) is 0 Å². The van der Waals surface area contributed by atoms with Crippen LogP contribution < -0.4 is 9.47 Å². The van der Waals surface area contributed by atoms with Gasteiger partial charge in [0, 0.05) is 5.56 Å². The van der Waals surface area contributed by atoms with Gasteiger partial charge in [-0.05, 0) is 23.8 Å². The van der Waals surface area contributed by atoms with Gasteiger partial charge in [-0.15, -0.1) is 0 Å². The predicted octanol–water partition coefficient (Wildman–Crippen LogP) is 4.32. The fourth-order valence-electron chi connectivity index (χ4n) is 2.01. The van der Waals surface area contributed by atoms with Crippen LogP contribution in [-0.2, 0) is 6.61 Å². The number of ether oxygens (including phenoxy) is 2. The van der Waals surface area contributed by atoms with Crippen molar-refractivity contribution in [3.63, 3.8) is 0 Å². The molecule has 0 spiro atoms. The molecule has 0 aliphatic rings. The fourth-order valence-corrected chi connectivity index (χ4v) is 2.01. The zero-order valence-corrected chi connectivity index (χ0v) is 11.9. The predicted molar refractivity (Wildman–Crippen MR) is 78.2 cm³/mol.